The molecule has 0 spiro atoms. The molecule has 0 bridgehead atoms. The molecule has 1 aliphatic rings. The molecule has 1 aromatic heterocycles. The molecular formula is C17H25N3S. The molecule has 21 heavy (non-hydrogen) atoms. The van der Waals surface area contributed by atoms with Crippen LogP contribution in [0.4, 0.5) is 0 Å². The van der Waals surface area contributed by atoms with Crippen LogP contribution in [0.2, 0.25) is 0 Å². The molecule has 1 heterocycles. The van der Waals surface area contributed by atoms with E-state index in [0.717, 1.165) is 22.7 Å². The number of H-pyrrole nitrogens is 1. The summed E-state index contributed by atoms with van der Waals surface area (Å²) in [5, 5.41) is 5.44. The first-order chi connectivity index (χ1) is 10.3. The normalized spacial score (nSPS) is 22.8. The van der Waals surface area contributed by atoms with Crippen molar-refractivity contribution in [3.63, 3.8) is 0 Å². The molecule has 1 aliphatic carbocycles. The van der Waals surface area contributed by atoms with Gasteiger partial charge in [0.25, 0.3) is 0 Å². The number of aromatic nitrogens is 2. The summed E-state index contributed by atoms with van der Waals surface area (Å²) < 4.78 is 0. The van der Waals surface area contributed by atoms with Gasteiger partial charge in [-0.25, -0.2) is 4.98 Å². The summed E-state index contributed by atoms with van der Waals surface area (Å²) in [5.74, 6) is 0. The number of rotatable bonds is 5. The largest absolute Gasteiger partial charge is 0.333 e. The third kappa shape index (κ3) is 3.61. The minimum Gasteiger partial charge on any atom is -0.333 e. The number of fused-ring (bicyclic) bond motifs is 1. The van der Waals surface area contributed by atoms with E-state index in [0.29, 0.717) is 11.3 Å². The Kier molecular flexibility index (Phi) is 4.86. The molecule has 3 nitrogen and oxygen atoms in total. The van der Waals surface area contributed by atoms with Gasteiger partial charge >= 0.3 is 0 Å². The summed E-state index contributed by atoms with van der Waals surface area (Å²) in [7, 11) is 0. The van der Waals surface area contributed by atoms with Gasteiger partial charge in [-0.2, -0.15) is 0 Å². The maximum Gasteiger partial charge on any atom is 0.166 e. The number of nitrogens with one attached hydrogen (secondary N) is 2. The summed E-state index contributed by atoms with van der Waals surface area (Å²) in [4.78, 5) is 8.23. The predicted octanol–water partition coefficient (Wildman–Crippen LogP) is 4.27. The van der Waals surface area contributed by atoms with Crippen LogP contribution >= 0.6 is 11.8 Å². The van der Waals surface area contributed by atoms with E-state index in [1.54, 1.807) is 0 Å². The average molecular weight is 303 g/mol. The Bertz CT molecular complexity index is 593. The number of hydrogen-bond donors (Lipinski definition) is 2. The molecule has 1 saturated carbocycles. The smallest absolute Gasteiger partial charge is 0.166 e. The van der Waals surface area contributed by atoms with E-state index in [-0.39, 0.29) is 0 Å². The summed E-state index contributed by atoms with van der Waals surface area (Å²) in [5.41, 5.74) is 3.52. The average Bonchev–Trinajstić information content (AvgIpc) is 2.87. The zero-order chi connectivity index (χ0) is 14.7. The third-order valence-corrected chi connectivity index (χ3v) is 5.52. The van der Waals surface area contributed by atoms with Crippen LogP contribution in [0.25, 0.3) is 11.0 Å². The van der Waals surface area contributed by atoms with Crippen molar-refractivity contribution in [1.29, 1.82) is 0 Å². The monoisotopic (exact) mass is 303 g/mol. The van der Waals surface area contributed by atoms with Crippen molar-refractivity contribution in [2.75, 3.05) is 6.54 Å². The minimum absolute atomic E-state index is 0.638. The van der Waals surface area contributed by atoms with Crippen molar-refractivity contribution in [2.24, 2.45) is 0 Å². The fourth-order valence-corrected chi connectivity index (χ4v) is 4.39. The standard InChI is InChI=1S/C17H25N3S/c1-3-10-18-14-6-4-5-7-16(14)21-17-19-13-9-8-12(2)11-15(13)20-17/h8-9,11,14,16,18H,3-7,10H2,1-2H3,(H,19,20). The number of aromatic amines is 1. The van der Waals surface area contributed by atoms with Crippen LogP contribution in [0.15, 0.2) is 23.4 Å². The molecule has 4 heteroatoms. The van der Waals surface area contributed by atoms with E-state index in [2.05, 4.69) is 42.3 Å². The molecule has 2 aromatic rings. The first-order valence-electron chi connectivity index (χ1n) is 8.12. The zero-order valence-electron chi connectivity index (χ0n) is 13.0. The van der Waals surface area contributed by atoms with Crippen molar-refractivity contribution in [3.05, 3.63) is 23.8 Å². The van der Waals surface area contributed by atoms with Gasteiger partial charge in [-0.15, -0.1) is 0 Å². The highest BCUT2D eigenvalue weighted by Gasteiger charge is 2.26. The van der Waals surface area contributed by atoms with E-state index in [9.17, 15) is 0 Å². The number of hydrogen-bond acceptors (Lipinski definition) is 3. The van der Waals surface area contributed by atoms with E-state index >= 15 is 0 Å². The molecule has 0 radical (unpaired) electrons. The van der Waals surface area contributed by atoms with E-state index in [1.165, 1.54) is 37.7 Å². The van der Waals surface area contributed by atoms with Crippen molar-refractivity contribution >= 4 is 22.8 Å². The highest BCUT2D eigenvalue weighted by Crippen LogP contribution is 2.33. The molecule has 1 fully saturated rings. The van der Waals surface area contributed by atoms with E-state index in [4.69, 9.17) is 4.98 Å². The molecule has 2 N–H and O–H groups in total. The Labute approximate surface area is 131 Å². The van der Waals surface area contributed by atoms with Crippen molar-refractivity contribution < 1.29 is 0 Å². The van der Waals surface area contributed by atoms with E-state index in [1.807, 2.05) is 11.8 Å². The maximum absolute atomic E-state index is 4.74. The number of aryl methyl sites for hydroxylation is 1. The lowest BCUT2D eigenvalue weighted by molar-refractivity contribution is 0.384. The Morgan fingerprint density at radius 2 is 2.19 bits per heavy atom. The highest BCUT2D eigenvalue weighted by atomic mass is 32.2. The summed E-state index contributed by atoms with van der Waals surface area (Å²) >= 11 is 1.93. The lowest BCUT2D eigenvalue weighted by atomic mass is 9.95. The molecule has 2 atom stereocenters. The number of thioether (sulfide) groups is 1. The second kappa shape index (κ2) is 6.84. The lowest BCUT2D eigenvalue weighted by Crippen LogP contribution is -2.40. The van der Waals surface area contributed by atoms with Gasteiger partial charge in [-0.1, -0.05) is 37.6 Å². The van der Waals surface area contributed by atoms with Gasteiger partial charge < -0.3 is 10.3 Å². The lowest BCUT2D eigenvalue weighted by Gasteiger charge is -2.31. The summed E-state index contributed by atoms with van der Waals surface area (Å²) in [6.07, 6.45) is 6.51. The van der Waals surface area contributed by atoms with Crippen molar-refractivity contribution in [3.8, 4) is 0 Å². The van der Waals surface area contributed by atoms with E-state index < -0.39 is 0 Å². The number of imidazole rings is 1. The van der Waals surface area contributed by atoms with Crippen molar-refractivity contribution in [2.45, 2.75) is 62.4 Å². The fraction of sp³-hybridized carbons (Fsp3) is 0.588. The van der Waals surface area contributed by atoms with Crippen LogP contribution in [-0.4, -0.2) is 27.8 Å². The predicted molar refractivity (Wildman–Crippen MR) is 91.0 cm³/mol. The zero-order valence-corrected chi connectivity index (χ0v) is 13.8. The van der Waals surface area contributed by atoms with Crippen LogP contribution in [0, 0.1) is 6.92 Å². The second-order valence-electron chi connectivity index (χ2n) is 6.06. The Balaban J connectivity index is 1.72. The third-order valence-electron chi connectivity index (χ3n) is 4.24. The molecule has 3 rings (SSSR count). The van der Waals surface area contributed by atoms with Crippen LogP contribution in [0.1, 0.15) is 44.6 Å². The van der Waals surface area contributed by atoms with Crippen LogP contribution < -0.4 is 5.32 Å². The minimum atomic E-state index is 0.638. The van der Waals surface area contributed by atoms with Crippen LogP contribution in [0.3, 0.4) is 0 Å². The topological polar surface area (TPSA) is 40.7 Å². The van der Waals surface area contributed by atoms with Gasteiger partial charge in [0.1, 0.15) is 0 Å². The Hall–Kier alpha value is -1.00. The summed E-state index contributed by atoms with van der Waals surface area (Å²) in [6.45, 7) is 5.49. The molecule has 2 unspecified atom stereocenters. The van der Waals surface area contributed by atoms with Crippen molar-refractivity contribution in [1.82, 2.24) is 15.3 Å². The Morgan fingerprint density at radius 1 is 1.33 bits per heavy atom. The SMILES string of the molecule is CCCNC1CCCCC1Sc1nc2ccc(C)cc2[nH]1. The Morgan fingerprint density at radius 3 is 3.05 bits per heavy atom. The molecular weight excluding hydrogens is 278 g/mol. The fourth-order valence-electron chi connectivity index (χ4n) is 3.10. The first-order valence-corrected chi connectivity index (χ1v) is 9.00. The molecule has 114 valence electrons. The number of nitrogens with zero attached hydrogens (tertiary/aromatic N) is 1. The van der Waals surface area contributed by atoms with Gasteiger partial charge in [0.2, 0.25) is 0 Å². The quantitative estimate of drug-likeness (QED) is 0.866. The molecule has 0 aliphatic heterocycles. The summed E-state index contributed by atoms with van der Waals surface area (Å²) in [6, 6.07) is 7.06. The van der Waals surface area contributed by atoms with Gasteiger partial charge in [0.15, 0.2) is 5.16 Å². The van der Waals surface area contributed by atoms with Gasteiger partial charge in [-0.05, 0) is 50.4 Å². The maximum atomic E-state index is 4.74. The number of benzene rings is 1. The van der Waals surface area contributed by atoms with Gasteiger partial charge in [-0.3, -0.25) is 0 Å². The second-order valence-corrected chi connectivity index (χ2v) is 7.29. The van der Waals surface area contributed by atoms with Gasteiger partial charge in [0.05, 0.1) is 11.0 Å². The molecule has 1 aromatic carbocycles. The molecule has 0 amide bonds. The first kappa shape index (κ1) is 14.9. The van der Waals surface area contributed by atoms with Crippen LogP contribution in [-0.2, 0) is 0 Å². The van der Waals surface area contributed by atoms with Crippen LogP contribution in [0.5, 0.6) is 0 Å². The molecule has 0 saturated heterocycles. The highest BCUT2D eigenvalue weighted by molar-refractivity contribution is 7.99. The van der Waals surface area contributed by atoms with Gasteiger partial charge in [0, 0.05) is 11.3 Å².